The van der Waals surface area contributed by atoms with Gasteiger partial charge in [-0.15, -0.1) is 5.10 Å². The Morgan fingerprint density at radius 3 is 2.16 bits per heavy atom. The minimum atomic E-state index is -2.47. The summed E-state index contributed by atoms with van der Waals surface area (Å²) in [6.07, 6.45) is 20.2. The number of piperidine rings is 1. The summed E-state index contributed by atoms with van der Waals surface area (Å²) in [5.41, 5.74) is 24.9. The number of nitrogens with zero attached hydrogens (tertiary/aromatic N) is 15. The smallest absolute Gasteiger partial charge is 0.407 e. The number of aromatic nitrogens is 12. The minimum Gasteiger partial charge on any atom is -0.459 e. The van der Waals surface area contributed by atoms with Gasteiger partial charge in [0.25, 0.3) is 23.6 Å². The number of amides is 4. The molecule has 738 valence electrons. The maximum absolute atomic E-state index is 14.7. The van der Waals surface area contributed by atoms with E-state index in [1.54, 1.807) is 75.1 Å². The first-order valence-corrected chi connectivity index (χ1v) is 46.9. The summed E-state index contributed by atoms with van der Waals surface area (Å²) in [5, 5.41) is 46.1. The number of nitrogens with two attached hydrogens (primary N) is 3. The number of allylic oxidation sites excluding steroid dienone is 6. The van der Waals surface area contributed by atoms with Crippen LogP contribution >= 0.6 is 0 Å². The molecule has 1 saturated carbocycles. The number of esters is 1. The Bertz CT molecular complexity index is 5260. The number of cyclic esters (lactones) is 1. The summed E-state index contributed by atoms with van der Waals surface area (Å²) in [6.45, 7) is 14.8. The molecule has 4 amide bonds. The molecule has 11 N–H and O–H groups in total. The number of aliphatic hydroxyl groups is 2. The van der Waals surface area contributed by atoms with Crippen LogP contribution in [0.5, 0.6) is 0 Å². The Balaban J connectivity index is 0.496. The number of anilines is 4. The molecule has 0 radical (unpaired) electrons. The van der Waals surface area contributed by atoms with E-state index in [4.69, 9.17) is 74.1 Å². The highest BCUT2D eigenvalue weighted by Gasteiger charge is 2.50. The van der Waals surface area contributed by atoms with Gasteiger partial charge in [0, 0.05) is 160 Å². The number of piperazine rings is 1. The van der Waals surface area contributed by atoms with Gasteiger partial charge in [0.15, 0.2) is 17.0 Å². The third kappa shape index (κ3) is 28.8. The van der Waals surface area contributed by atoms with Crippen LogP contribution in [0.1, 0.15) is 165 Å². The Morgan fingerprint density at radius 1 is 0.735 bits per heavy atom. The molecular formula is C94H131N21O21. The van der Waals surface area contributed by atoms with E-state index in [1.165, 1.54) is 25.8 Å². The van der Waals surface area contributed by atoms with Gasteiger partial charge in [-0.05, 0) is 132 Å². The zero-order valence-corrected chi connectivity index (χ0v) is 78.8. The maximum atomic E-state index is 14.7. The lowest BCUT2D eigenvalue weighted by atomic mass is 9.79. The lowest BCUT2D eigenvalue weighted by molar-refractivity contribution is -0.245. The first kappa shape index (κ1) is 103. The van der Waals surface area contributed by atoms with Crippen LogP contribution in [-0.4, -0.2) is 296 Å². The lowest BCUT2D eigenvalue weighted by Crippen LogP contribution is -2.58. The van der Waals surface area contributed by atoms with Crippen molar-refractivity contribution < 1.29 is 100 Å². The number of alkyl carbamates (subject to hydrolysis) is 1. The number of carbonyl (C=O) groups excluding carboxylic acids is 8. The Labute approximate surface area is 789 Å². The number of oxazole rings is 1. The molecule has 5 aliphatic rings. The van der Waals surface area contributed by atoms with Crippen molar-refractivity contribution in [3.63, 3.8) is 0 Å². The molecular weight excluding hydrogens is 1760 g/mol. The summed E-state index contributed by atoms with van der Waals surface area (Å²) in [6, 6.07) is 3.07. The first-order chi connectivity index (χ1) is 65.7. The van der Waals surface area contributed by atoms with Gasteiger partial charge in [-0.3, -0.25) is 28.8 Å². The van der Waals surface area contributed by atoms with E-state index >= 15 is 0 Å². The molecule has 42 nitrogen and oxygen atoms in total. The number of Topliss-reactive ketones (excluding diaryl/α,β-unsaturated/α-hetero) is 3. The summed E-state index contributed by atoms with van der Waals surface area (Å²) in [7, 11) is 4.50. The number of carbonyl (C=O) groups is 8. The van der Waals surface area contributed by atoms with Crippen molar-refractivity contribution in [2.75, 3.05) is 141 Å². The SMILES string of the molecule is CO[C@H]1C[C@@H]2CCC[C@@](O)(O2)C(=O)C(=O)N2CCCC[C@H]2C(=O)O[C@H]([C@H](N)C[C@@H]2CC[C@H](n3cc(COC(=O)NCCOCCOCCOCCOCCC(=O)NCc4cnc(N5CCN(c6ncc(C(=O)NCCCCn7nc(-c8ccc9oc(N)nc9c8)c8c(N)ncnc87)cn6)CC5)nc4)nn3)[C@H](OC)C2)CC(=O)[C@H](C)/C=C(\C)[C@@H](O)[C@@H](OC)C(=O)[C@H](C)C[C@H](C)/C=C/C=CC=C1C. The zero-order valence-electron chi connectivity index (χ0n) is 78.8. The van der Waals surface area contributed by atoms with Gasteiger partial charge >= 0.3 is 12.1 Å². The molecule has 10 heterocycles. The molecule has 2 bridgehead atoms. The predicted octanol–water partition coefficient (Wildman–Crippen LogP) is 6.33. The van der Waals surface area contributed by atoms with Crippen LogP contribution in [0.15, 0.2) is 108 Å². The van der Waals surface area contributed by atoms with E-state index in [0.717, 1.165) is 21.6 Å². The van der Waals surface area contributed by atoms with Crippen molar-refractivity contribution in [2.45, 2.75) is 218 Å². The number of hydrogen-bond acceptors (Lipinski definition) is 36. The number of ketones is 3. The molecule has 1 aliphatic carbocycles. The average molecular weight is 1890 g/mol. The van der Waals surface area contributed by atoms with Crippen molar-refractivity contribution in [3.8, 4) is 11.3 Å². The summed E-state index contributed by atoms with van der Waals surface area (Å²) < 4.78 is 66.7. The van der Waals surface area contributed by atoms with Crippen molar-refractivity contribution >= 4 is 93.0 Å². The van der Waals surface area contributed by atoms with Crippen LogP contribution in [0.3, 0.4) is 0 Å². The molecule has 7 aromatic rings. The number of nitrogen functional groups attached to an aromatic ring is 2. The second-order valence-electron chi connectivity index (χ2n) is 35.3. The fourth-order valence-electron chi connectivity index (χ4n) is 17.7. The van der Waals surface area contributed by atoms with E-state index in [-0.39, 0.29) is 126 Å². The number of hydrogen-bond donors (Lipinski definition) is 8. The lowest BCUT2D eigenvalue weighted by Gasteiger charge is -2.40. The highest BCUT2D eigenvalue weighted by atomic mass is 16.6. The number of benzene rings is 1. The van der Waals surface area contributed by atoms with Crippen LogP contribution < -0.4 is 43.0 Å². The molecule has 4 fully saturated rings. The Morgan fingerprint density at radius 2 is 1.45 bits per heavy atom. The number of aryl methyl sites for hydroxylation is 1. The highest BCUT2D eigenvalue weighted by molar-refractivity contribution is 6.39. The first-order valence-electron chi connectivity index (χ1n) is 46.9. The minimum absolute atomic E-state index is 0.0126. The number of ether oxygens (including phenoxy) is 10. The third-order valence-corrected chi connectivity index (χ3v) is 25.3. The molecule has 4 aliphatic heterocycles. The molecule has 14 atom stereocenters. The molecule has 1 aromatic carbocycles. The molecule has 0 spiro atoms. The van der Waals surface area contributed by atoms with E-state index < -0.39 is 95.9 Å². The van der Waals surface area contributed by atoms with Crippen molar-refractivity contribution in [3.05, 3.63) is 120 Å². The monoisotopic (exact) mass is 1890 g/mol. The second kappa shape index (κ2) is 51.0. The van der Waals surface area contributed by atoms with E-state index in [2.05, 4.69) is 66.1 Å². The molecule has 12 rings (SSSR count). The number of rotatable bonds is 35. The standard InChI is InChI=1S/C94H131N21O21/c1-58-17-10-9-11-18-59(2)75(126-6)48-68-19-16-26-94(125,136-68)84(120)88(122)113-29-14-12-20-72(113)89(123)134-76(49-73(116)60(3)44-62(5)82(119)83(128-8)81(118)61(4)43-58)69(95)45-63-21-23-71(77(46-63)127-7)115-55-67(108-110-115)56-133-93(124)99-28-36-130-38-40-132-42-41-131-39-37-129-35-25-78(117)100-50-64-51-101-91(102-52-64)111-31-33-112(34-32-111)92-103-53-66(54-104-92)87(121)98-27-13-15-30-114-86-79(85(96)105-57-106-86)80(109-114)65-22-24-74-70(47-65)107-90(97)135-74/h9-11,17-18,22,24,44,47,51-55,57-58,60-61,63,68-69,71-72,75-77,82-83,119,125H,12-16,19-21,23,25-43,45-46,48-50,56,95H2,1-8H3,(H2,97,107)(H,98,121)(H,99,124)(H,100,117)(H2,96,105,106)/b11-9?,17-10+,59-18?,62-44+/t58-,60-,61-,63+,68+,69-,71+,72+,75+,76+,77-,82-,83+,94-/m1/s1. The van der Waals surface area contributed by atoms with Crippen molar-refractivity contribution in [2.24, 2.45) is 29.4 Å². The number of methoxy groups -OCH3 is 3. The molecule has 3 saturated heterocycles. The molecule has 6 aromatic heterocycles. The quantitative estimate of drug-likeness (QED) is 0.00931. The summed E-state index contributed by atoms with van der Waals surface area (Å²) >= 11 is 0. The topological polar surface area (TPSA) is 545 Å². The van der Waals surface area contributed by atoms with Gasteiger partial charge < -0.3 is 110 Å². The third-order valence-electron chi connectivity index (χ3n) is 25.3. The molecule has 42 heteroatoms. The second-order valence-corrected chi connectivity index (χ2v) is 35.3. The largest absolute Gasteiger partial charge is 0.459 e. The van der Waals surface area contributed by atoms with Gasteiger partial charge in [0.1, 0.15) is 65.8 Å². The van der Waals surface area contributed by atoms with Gasteiger partial charge in [-0.1, -0.05) is 62.4 Å². The zero-order chi connectivity index (χ0) is 96.8. The summed E-state index contributed by atoms with van der Waals surface area (Å²) in [4.78, 5) is 147. The average Bonchev–Trinajstić information content (AvgIpc) is 1.56. The Hall–Kier alpha value is -11.6. The van der Waals surface area contributed by atoms with Crippen LogP contribution in [0.25, 0.3) is 33.4 Å². The van der Waals surface area contributed by atoms with Crippen molar-refractivity contribution in [1.82, 2.24) is 80.5 Å². The van der Waals surface area contributed by atoms with Gasteiger partial charge in [0.05, 0.1) is 94.4 Å². The maximum Gasteiger partial charge on any atom is 0.407 e. The fraction of sp³-hybridized carbons (Fsp3) is 0.596. The molecule has 0 unspecified atom stereocenters. The number of fused-ring (bicyclic) bond motifs is 5. The number of unbranched alkanes of at least 4 members (excludes halogenated alkanes) is 1. The Kier molecular flexibility index (Phi) is 38.8. The van der Waals surface area contributed by atoms with E-state index in [1.807, 2.05) is 61.3 Å². The van der Waals surface area contributed by atoms with Gasteiger partial charge in [-0.2, -0.15) is 10.1 Å². The van der Waals surface area contributed by atoms with Crippen LogP contribution in [0.2, 0.25) is 0 Å². The normalized spacial score (nSPS) is 24.9. The van der Waals surface area contributed by atoms with E-state index in [0.29, 0.717) is 199 Å². The van der Waals surface area contributed by atoms with Gasteiger partial charge in [-0.25, -0.2) is 48.9 Å². The van der Waals surface area contributed by atoms with E-state index in [9.17, 15) is 48.6 Å². The van der Waals surface area contributed by atoms with Gasteiger partial charge in [0.2, 0.25) is 23.6 Å². The highest BCUT2D eigenvalue weighted by Crippen LogP contribution is 2.39. The number of aliphatic hydroxyl groups excluding tert-OH is 1. The van der Waals surface area contributed by atoms with Crippen molar-refractivity contribution in [1.29, 1.82) is 0 Å². The fourth-order valence-corrected chi connectivity index (χ4v) is 17.7. The van der Waals surface area contributed by atoms with Crippen LogP contribution in [0, 0.1) is 23.7 Å². The van der Waals surface area contributed by atoms with Crippen LogP contribution in [-0.2, 0) is 95.8 Å². The summed E-state index contributed by atoms with van der Waals surface area (Å²) in [5.74, 6) is -6.90. The predicted molar refractivity (Wildman–Crippen MR) is 498 cm³/mol. The van der Waals surface area contributed by atoms with Crippen LogP contribution in [0.4, 0.5) is 28.5 Å². The molecule has 136 heavy (non-hydrogen) atoms. The number of nitrogens with one attached hydrogen (secondary N) is 3.